The van der Waals surface area contributed by atoms with Crippen LogP contribution in [0, 0.1) is 6.92 Å². The normalized spacial score (nSPS) is 11.0. The lowest BCUT2D eigenvalue weighted by Crippen LogP contribution is -2.43. The first-order valence-electron chi connectivity index (χ1n) is 10.8. The number of benzene rings is 2. The smallest absolute Gasteiger partial charge is 0.332 e. The van der Waals surface area contributed by atoms with Crippen molar-refractivity contribution in [2.24, 2.45) is 7.05 Å². The first-order valence-corrected chi connectivity index (χ1v) is 10.8. The van der Waals surface area contributed by atoms with Crippen molar-refractivity contribution in [3.8, 4) is 11.4 Å². The van der Waals surface area contributed by atoms with E-state index in [4.69, 9.17) is 0 Å². The Morgan fingerprint density at radius 3 is 2.48 bits per heavy atom. The van der Waals surface area contributed by atoms with Gasteiger partial charge in [0.15, 0.2) is 11.5 Å². The molecule has 0 saturated heterocycles. The van der Waals surface area contributed by atoms with E-state index in [1.165, 1.54) is 23.4 Å². The predicted molar refractivity (Wildman–Crippen MR) is 127 cm³/mol. The highest BCUT2D eigenvalue weighted by Gasteiger charge is 2.16. The molecule has 0 aliphatic heterocycles. The molecule has 8 heteroatoms. The van der Waals surface area contributed by atoms with E-state index in [-0.39, 0.29) is 23.5 Å². The van der Waals surface area contributed by atoms with Gasteiger partial charge in [-0.15, -0.1) is 0 Å². The van der Waals surface area contributed by atoms with E-state index in [0.29, 0.717) is 12.4 Å². The van der Waals surface area contributed by atoms with Crippen LogP contribution in [0.2, 0.25) is 0 Å². The van der Waals surface area contributed by atoms with E-state index in [0.717, 1.165) is 28.5 Å². The minimum absolute atomic E-state index is 0.185. The fraction of sp³-hybridized carbons (Fsp3) is 0.240. The summed E-state index contributed by atoms with van der Waals surface area (Å²) in [6.07, 6.45) is 3.00. The number of amides is 1. The monoisotopic (exact) mass is 443 g/mol. The van der Waals surface area contributed by atoms with Crippen molar-refractivity contribution in [2.75, 3.05) is 6.54 Å². The first kappa shape index (κ1) is 22.1. The lowest BCUT2D eigenvalue weighted by atomic mass is 10.1. The molecule has 0 spiro atoms. The highest BCUT2D eigenvalue weighted by molar-refractivity contribution is 5.78. The van der Waals surface area contributed by atoms with Crippen LogP contribution in [0.15, 0.2) is 70.4 Å². The highest BCUT2D eigenvalue weighted by atomic mass is 16.2. The Balaban J connectivity index is 1.51. The van der Waals surface area contributed by atoms with Gasteiger partial charge in [0.25, 0.3) is 5.56 Å². The summed E-state index contributed by atoms with van der Waals surface area (Å²) in [6, 6.07) is 17.6. The second-order valence-electron chi connectivity index (χ2n) is 7.97. The molecule has 1 N–H and O–H groups in total. The molecule has 0 aliphatic rings. The fourth-order valence-electron chi connectivity index (χ4n) is 3.63. The lowest BCUT2D eigenvalue weighted by molar-refractivity contribution is -0.121. The topological polar surface area (TPSA) is 98.9 Å². The maximum atomic E-state index is 12.9. The first-order chi connectivity index (χ1) is 15.9. The highest BCUT2D eigenvalue weighted by Crippen LogP contribution is 2.16. The maximum absolute atomic E-state index is 12.9. The third-order valence-electron chi connectivity index (χ3n) is 5.50. The maximum Gasteiger partial charge on any atom is 0.332 e. The molecule has 33 heavy (non-hydrogen) atoms. The van der Waals surface area contributed by atoms with Crippen molar-refractivity contribution < 1.29 is 4.79 Å². The van der Waals surface area contributed by atoms with Crippen molar-refractivity contribution in [3.63, 3.8) is 0 Å². The third kappa shape index (κ3) is 4.90. The standard InChI is InChI=1S/C25H25N5O3/c1-17-10-12-19(13-11-17)22-27-15-20-23(28-22)29(2)25(33)30(24(20)32)16-21(31)26-14-6-9-18-7-4-3-5-8-18/h3-5,7-8,10-13,15H,6,9,14,16H2,1-2H3,(H,26,31). The summed E-state index contributed by atoms with van der Waals surface area (Å²) in [5.74, 6) is 0.0321. The van der Waals surface area contributed by atoms with Crippen LogP contribution < -0.4 is 16.6 Å². The molecular formula is C25H25N5O3. The zero-order chi connectivity index (χ0) is 23.4. The van der Waals surface area contributed by atoms with Crippen LogP contribution in [-0.2, 0) is 24.8 Å². The van der Waals surface area contributed by atoms with Crippen LogP contribution in [0.1, 0.15) is 17.5 Å². The molecule has 2 heterocycles. The van der Waals surface area contributed by atoms with E-state index in [2.05, 4.69) is 15.3 Å². The van der Waals surface area contributed by atoms with Crippen LogP contribution in [0.3, 0.4) is 0 Å². The zero-order valence-corrected chi connectivity index (χ0v) is 18.6. The minimum Gasteiger partial charge on any atom is -0.355 e. The Morgan fingerprint density at radius 1 is 1.03 bits per heavy atom. The number of carbonyl (C=O) groups is 1. The summed E-state index contributed by atoms with van der Waals surface area (Å²) >= 11 is 0. The summed E-state index contributed by atoms with van der Waals surface area (Å²) in [7, 11) is 1.53. The Labute approximate surface area is 190 Å². The molecule has 0 saturated carbocycles. The number of fused-ring (bicyclic) bond motifs is 1. The molecule has 2 aromatic carbocycles. The molecule has 4 rings (SSSR count). The van der Waals surface area contributed by atoms with Gasteiger partial charge in [-0.05, 0) is 25.3 Å². The van der Waals surface area contributed by atoms with Crippen LogP contribution in [0.5, 0.6) is 0 Å². The molecule has 1 amide bonds. The molecule has 4 aromatic rings. The molecule has 0 fully saturated rings. The lowest BCUT2D eigenvalue weighted by Gasteiger charge is -2.11. The van der Waals surface area contributed by atoms with E-state index in [1.807, 2.05) is 61.5 Å². The van der Waals surface area contributed by atoms with Gasteiger partial charge in [0, 0.05) is 25.4 Å². The average molecular weight is 444 g/mol. The summed E-state index contributed by atoms with van der Waals surface area (Å²) in [5.41, 5.74) is 2.14. The van der Waals surface area contributed by atoms with Crippen LogP contribution in [-0.4, -0.2) is 31.6 Å². The van der Waals surface area contributed by atoms with Gasteiger partial charge in [-0.2, -0.15) is 0 Å². The number of nitrogens with one attached hydrogen (secondary N) is 1. The molecule has 0 unspecified atom stereocenters. The number of nitrogens with zero attached hydrogens (tertiary/aromatic N) is 4. The van der Waals surface area contributed by atoms with Gasteiger partial charge < -0.3 is 5.32 Å². The second kappa shape index (κ2) is 9.60. The van der Waals surface area contributed by atoms with Crippen molar-refractivity contribution >= 4 is 16.9 Å². The molecule has 0 radical (unpaired) electrons. The molecule has 0 aliphatic carbocycles. The van der Waals surface area contributed by atoms with Gasteiger partial charge in [-0.1, -0.05) is 60.2 Å². The number of hydrogen-bond donors (Lipinski definition) is 1. The predicted octanol–water partition coefficient (Wildman–Crippen LogP) is 2.21. The average Bonchev–Trinajstić information content (AvgIpc) is 2.84. The van der Waals surface area contributed by atoms with Gasteiger partial charge in [0.1, 0.15) is 11.9 Å². The van der Waals surface area contributed by atoms with Crippen LogP contribution in [0.25, 0.3) is 22.4 Å². The summed E-state index contributed by atoms with van der Waals surface area (Å²) < 4.78 is 2.20. The molecule has 8 nitrogen and oxygen atoms in total. The number of aryl methyl sites for hydroxylation is 3. The molecule has 168 valence electrons. The third-order valence-corrected chi connectivity index (χ3v) is 5.50. The van der Waals surface area contributed by atoms with Gasteiger partial charge in [-0.3, -0.25) is 18.7 Å². The van der Waals surface area contributed by atoms with Gasteiger partial charge in [0.2, 0.25) is 5.91 Å². The Kier molecular flexibility index (Phi) is 6.44. The number of aromatic nitrogens is 4. The van der Waals surface area contributed by atoms with Crippen molar-refractivity contribution in [1.29, 1.82) is 0 Å². The minimum atomic E-state index is -0.597. The van der Waals surface area contributed by atoms with Gasteiger partial charge in [-0.25, -0.2) is 14.8 Å². The molecular weight excluding hydrogens is 418 g/mol. The number of carbonyl (C=O) groups excluding carboxylic acids is 1. The van der Waals surface area contributed by atoms with Crippen molar-refractivity contribution in [1.82, 2.24) is 24.4 Å². The Morgan fingerprint density at radius 2 is 1.76 bits per heavy atom. The molecule has 0 atom stereocenters. The quantitative estimate of drug-likeness (QED) is 0.442. The summed E-state index contributed by atoms with van der Waals surface area (Å²) in [5, 5.41) is 2.97. The van der Waals surface area contributed by atoms with Crippen LogP contribution >= 0.6 is 0 Å². The van der Waals surface area contributed by atoms with E-state index in [9.17, 15) is 14.4 Å². The number of hydrogen-bond acceptors (Lipinski definition) is 5. The van der Waals surface area contributed by atoms with Crippen LogP contribution in [0.4, 0.5) is 0 Å². The number of rotatable bonds is 7. The zero-order valence-electron chi connectivity index (χ0n) is 18.6. The molecule has 2 aromatic heterocycles. The van der Waals surface area contributed by atoms with E-state index < -0.39 is 11.2 Å². The van der Waals surface area contributed by atoms with Gasteiger partial charge in [0.05, 0.1) is 0 Å². The fourth-order valence-corrected chi connectivity index (χ4v) is 3.63. The van der Waals surface area contributed by atoms with E-state index in [1.54, 1.807) is 0 Å². The summed E-state index contributed by atoms with van der Waals surface area (Å²) in [6.45, 7) is 2.09. The summed E-state index contributed by atoms with van der Waals surface area (Å²) in [4.78, 5) is 46.9. The second-order valence-corrected chi connectivity index (χ2v) is 7.97. The van der Waals surface area contributed by atoms with Crippen molar-refractivity contribution in [2.45, 2.75) is 26.3 Å². The largest absolute Gasteiger partial charge is 0.355 e. The van der Waals surface area contributed by atoms with E-state index >= 15 is 0 Å². The Hall–Kier alpha value is -4.07. The molecule has 0 bridgehead atoms. The van der Waals surface area contributed by atoms with Crippen molar-refractivity contribution in [3.05, 3.63) is 92.8 Å². The SMILES string of the molecule is Cc1ccc(-c2ncc3c(=O)n(CC(=O)NCCCc4ccccc4)c(=O)n(C)c3n2)cc1. The van der Waals surface area contributed by atoms with Gasteiger partial charge >= 0.3 is 5.69 Å². The Bertz CT molecular complexity index is 1410.